The molecule has 6 heteroatoms. The van der Waals surface area contributed by atoms with Crippen LogP contribution in [-0.4, -0.2) is 46.9 Å². The highest BCUT2D eigenvalue weighted by Crippen LogP contribution is 2.16. The third kappa shape index (κ3) is 41.8. The molecule has 0 aliphatic carbocycles. The maximum Gasteiger partial charge on any atom is 0.306 e. The number of aliphatic hydroxyl groups is 2. The van der Waals surface area contributed by atoms with Crippen LogP contribution in [-0.2, 0) is 14.3 Å². The zero-order valence-corrected chi connectivity index (χ0v) is 38.6. The van der Waals surface area contributed by atoms with E-state index in [-0.39, 0.29) is 24.9 Å². The molecule has 0 heterocycles. The normalized spacial score (nSPS) is 13.9. The number of carbonyl (C=O) groups is 2. The van der Waals surface area contributed by atoms with Crippen LogP contribution in [0.25, 0.3) is 0 Å². The van der Waals surface area contributed by atoms with Crippen LogP contribution in [0.2, 0.25) is 0 Å². The van der Waals surface area contributed by atoms with Gasteiger partial charge in [-0.3, -0.25) is 9.59 Å². The third-order valence-electron chi connectivity index (χ3n) is 10.8. The monoisotopic (exact) mass is 824 g/mol. The quantitative estimate of drug-likeness (QED) is 0.0323. The van der Waals surface area contributed by atoms with Crippen LogP contribution in [0, 0.1) is 0 Å². The van der Waals surface area contributed by atoms with Gasteiger partial charge in [-0.2, -0.15) is 0 Å². The molecule has 3 N–H and O–H groups in total. The second kappa shape index (κ2) is 46.4. The van der Waals surface area contributed by atoms with Crippen molar-refractivity contribution in [2.75, 3.05) is 6.61 Å². The molecule has 1 amide bonds. The van der Waals surface area contributed by atoms with E-state index in [4.69, 9.17) is 4.74 Å². The maximum absolute atomic E-state index is 13.1. The van der Waals surface area contributed by atoms with Crippen molar-refractivity contribution in [1.82, 2.24) is 5.32 Å². The lowest BCUT2D eigenvalue weighted by Gasteiger charge is -2.24. The van der Waals surface area contributed by atoms with Gasteiger partial charge in [-0.05, 0) is 96.3 Å². The Balaban J connectivity index is 4.60. The Bertz CT molecular complexity index is 1110. The average molecular weight is 824 g/mol. The van der Waals surface area contributed by atoms with Gasteiger partial charge in [0.1, 0.15) is 6.10 Å². The molecule has 0 saturated heterocycles. The summed E-state index contributed by atoms with van der Waals surface area (Å²) < 4.78 is 5.89. The molecule has 340 valence electrons. The number of esters is 1. The first-order valence-electron chi connectivity index (χ1n) is 24.7. The molecule has 59 heavy (non-hydrogen) atoms. The van der Waals surface area contributed by atoms with Gasteiger partial charge in [-0.1, -0.05) is 190 Å². The molecule has 0 aromatic carbocycles. The van der Waals surface area contributed by atoms with Gasteiger partial charge in [0.25, 0.3) is 0 Å². The lowest BCUT2D eigenvalue weighted by atomic mass is 10.0. The van der Waals surface area contributed by atoms with Crippen LogP contribution in [0.15, 0.2) is 72.9 Å². The smallest absolute Gasteiger partial charge is 0.306 e. The molecule has 0 saturated carbocycles. The highest BCUT2D eigenvalue weighted by molar-refractivity contribution is 5.77. The van der Waals surface area contributed by atoms with E-state index in [9.17, 15) is 19.8 Å². The molecule has 0 bridgehead atoms. The molecule has 0 fully saturated rings. The van der Waals surface area contributed by atoms with E-state index in [1.807, 2.05) is 0 Å². The SMILES string of the molecule is CC/C=C/C/C=C/C/C=C/CCCCC(CC(=O)NC(CO)C(O)CCCCCCCCCCC)OC(=O)CCCCCCCC/C=C\C/C=C\C/C=C\CCCCC. The molecule has 3 unspecified atom stereocenters. The van der Waals surface area contributed by atoms with Gasteiger partial charge >= 0.3 is 5.97 Å². The summed E-state index contributed by atoms with van der Waals surface area (Å²) in [4.78, 5) is 26.0. The fourth-order valence-corrected chi connectivity index (χ4v) is 7.04. The number of carbonyl (C=O) groups excluding carboxylic acids is 2. The second-order valence-electron chi connectivity index (χ2n) is 16.5. The minimum absolute atomic E-state index is 0.0430. The molecular formula is C53H93NO5. The first-order valence-corrected chi connectivity index (χ1v) is 24.7. The van der Waals surface area contributed by atoms with Crippen LogP contribution in [0.5, 0.6) is 0 Å². The Kier molecular flexibility index (Phi) is 44.2. The van der Waals surface area contributed by atoms with Gasteiger partial charge < -0.3 is 20.3 Å². The van der Waals surface area contributed by atoms with Crippen LogP contribution in [0.4, 0.5) is 0 Å². The van der Waals surface area contributed by atoms with E-state index in [0.717, 1.165) is 96.3 Å². The summed E-state index contributed by atoms with van der Waals surface area (Å²) in [6, 6.07) is -0.717. The van der Waals surface area contributed by atoms with Crippen LogP contribution in [0.1, 0.15) is 226 Å². The highest BCUT2D eigenvalue weighted by Gasteiger charge is 2.24. The van der Waals surface area contributed by atoms with Gasteiger partial charge in [0.05, 0.1) is 25.2 Å². The predicted molar refractivity (Wildman–Crippen MR) is 255 cm³/mol. The maximum atomic E-state index is 13.1. The molecule has 0 aliphatic rings. The molecule has 0 radical (unpaired) electrons. The van der Waals surface area contributed by atoms with E-state index < -0.39 is 18.2 Å². The Morgan fingerprint density at radius 1 is 0.508 bits per heavy atom. The first-order chi connectivity index (χ1) is 29.0. The number of ether oxygens (including phenoxy) is 1. The van der Waals surface area contributed by atoms with Gasteiger partial charge in [0.2, 0.25) is 5.91 Å². The van der Waals surface area contributed by atoms with E-state index in [1.165, 1.54) is 83.5 Å². The van der Waals surface area contributed by atoms with Gasteiger partial charge in [0, 0.05) is 6.42 Å². The van der Waals surface area contributed by atoms with Gasteiger partial charge in [-0.15, -0.1) is 0 Å². The van der Waals surface area contributed by atoms with Crippen molar-refractivity contribution in [3.8, 4) is 0 Å². The summed E-state index contributed by atoms with van der Waals surface area (Å²) in [7, 11) is 0. The van der Waals surface area contributed by atoms with Crippen molar-refractivity contribution in [3.63, 3.8) is 0 Å². The number of rotatable bonds is 43. The van der Waals surface area contributed by atoms with Crippen molar-refractivity contribution >= 4 is 11.9 Å². The summed E-state index contributed by atoms with van der Waals surface area (Å²) in [5.41, 5.74) is 0. The Labute approximate surface area is 364 Å². The predicted octanol–water partition coefficient (Wildman–Crippen LogP) is 14.6. The largest absolute Gasteiger partial charge is 0.462 e. The molecular weight excluding hydrogens is 731 g/mol. The van der Waals surface area contributed by atoms with Crippen LogP contribution >= 0.6 is 0 Å². The number of unbranched alkanes of at least 4 members (excludes halogenated alkanes) is 19. The fourth-order valence-electron chi connectivity index (χ4n) is 7.04. The topological polar surface area (TPSA) is 95.9 Å². The number of allylic oxidation sites excluding steroid dienone is 12. The highest BCUT2D eigenvalue weighted by atomic mass is 16.5. The molecule has 0 spiro atoms. The zero-order chi connectivity index (χ0) is 43.1. The van der Waals surface area contributed by atoms with Crippen molar-refractivity contribution in [2.24, 2.45) is 0 Å². The van der Waals surface area contributed by atoms with Crippen LogP contribution in [0.3, 0.4) is 0 Å². The standard InChI is InChI=1S/C53H93NO5/c1-4-7-10-13-16-19-21-23-24-25-26-27-28-29-31-34-37-40-43-46-53(58)59-49(44-41-38-35-33-30-22-20-17-14-11-8-5-2)47-52(57)54-50(48-55)51(56)45-42-39-36-32-18-15-12-9-6-3/h8,11,16-17,19-20,23-24,26-27,30,33,49-51,55-56H,4-7,9-10,12-15,18,21-22,25,28-29,31-32,34-48H2,1-3H3,(H,54,57)/b11-8+,19-16-,20-17+,24-23-,27-26-,33-30+. The van der Waals surface area contributed by atoms with Crippen LogP contribution < -0.4 is 5.32 Å². The van der Waals surface area contributed by atoms with Gasteiger partial charge in [0.15, 0.2) is 0 Å². The number of aliphatic hydroxyl groups excluding tert-OH is 2. The molecule has 6 nitrogen and oxygen atoms in total. The van der Waals surface area contributed by atoms with E-state index in [0.29, 0.717) is 19.3 Å². The molecule has 0 aliphatic heterocycles. The fraction of sp³-hybridized carbons (Fsp3) is 0.736. The molecule has 3 atom stereocenters. The molecule has 0 rings (SSSR count). The average Bonchev–Trinajstić information content (AvgIpc) is 3.23. The van der Waals surface area contributed by atoms with Crippen molar-refractivity contribution < 1.29 is 24.5 Å². The summed E-state index contributed by atoms with van der Waals surface area (Å²) in [6.07, 6.45) is 58.2. The number of amides is 1. The summed E-state index contributed by atoms with van der Waals surface area (Å²) >= 11 is 0. The van der Waals surface area contributed by atoms with E-state index in [2.05, 4.69) is 99.0 Å². The van der Waals surface area contributed by atoms with E-state index in [1.54, 1.807) is 0 Å². The van der Waals surface area contributed by atoms with Gasteiger partial charge in [-0.25, -0.2) is 0 Å². The lowest BCUT2D eigenvalue weighted by molar-refractivity contribution is -0.151. The van der Waals surface area contributed by atoms with Crippen molar-refractivity contribution in [1.29, 1.82) is 0 Å². The minimum Gasteiger partial charge on any atom is -0.462 e. The Morgan fingerprint density at radius 3 is 1.44 bits per heavy atom. The summed E-state index contributed by atoms with van der Waals surface area (Å²) in [6.45, 7) is 6.30. The number of hydrogen-bond donors (Lipinski definition) is 3. The molecule has 0 aromatic heterocycles. The number of hydrogen-bond acceptors (Lipinski definition) is 5. The van der Waals surface area contributed by atoms with E-state index >= 15 is 0 Å². The minimum atomic E-state index is -0.801. The van der Waals surface area contributed by atoms with Crippen molar-refractivity contribution in [2.45, 2.75) is 244 Å². The second-order valence-corrected chi connectivity index (χ2v) is 16.5. The Morgan fingerprint density at radius 2 is 0.915 bits per heavy atom. The summed E-state index contributed by atoms with van der Waals surface area (Å²) in [5, 5.41) is 23.6. The Hall–Kier alpha value is -2.70. The molecule has 0 aromatic rings. The number of nitrogens with one attached hydrogen (secondary N) is 1. The summed E-state index contributed by atoms with van der Waals surface area (Å²) in [5.74, 6) is -0.532. The zero-order valence-electron chi connectivity index (χ0n) is 38.6. The third-order valence-corrected chi connectivity index (χ3v) is 10.8. The van der Waals surface area contributed by atoms with Crippen molar-refractivity contribution in [3.05, 3.63) is 72.9 Å². The first kappa shape index (κ1) is 56.3. The lowest BCUT2D eigenvalue weighted by Crippen LogP contribution is -2.46.